The molecule has 10 aromatic rings. The second-order valence-electron chi connectivity index (χ2n) is 33.7. The summed E-state index contributed by atoms with van der Waals surface area (Å²) in [6.07, 6.45) is 10.2. The van der Waals surface area contributed by atoms with Crippen molar-refractivity contribution >= 4 is 80.4 Å². The standard InChI is InChI=1S/C30H34N2O5.C25H34O3S.C19H23NO2.C15H23NO2S.C11H12O4.C9H10O/c1-4-5-18-37-26-14-10-22(11-15-26)27(19-28(33)23-8-6-21(2)7-9-23)32-30(35)20-29(34)31-24-12-16-25(36-3)17-13-24;1-6-7-16-28-23-14-12-20(13-15-23)22(18-29(27)25(3,4)5)17-24(26)21-10-8-19(2)9-11-21;1-2-3-13-22-17-11-9-15(10-12-17)18(20)14-19(21)16-7-5-4-6-8-16;1-5-6-11-18-14-9-7-13(8-10-14)12-16-19(17)15(2,3)4;1-15-10-4-2-8(3-5-10)6-9(12)7-11(13)14;1-7-3-5-9(6-4-7)8(2)10/h6-17,27H,4-5,18-20H2,1-3H3,(H,31,34)(H,32,35);8-15,22H,6-7,16-18H2,1-5H3;4-12,18H,2-3,13-14,20H2,1H3;7-10,12H,5-6,11H2,1-4H3;2-5H,6-7H2,1H3,(H,13,14);3-6H,1-2H3/t27-;22-,29?;18-;;;/m101.../s1. The van der Waals surface area contributed by atoms with Crippen LogP contribution in [0.3, 0.4) is 0 Å². The van der Waals surface area contributed by atoms with Gasteiger partial charge in [-0.15, -0.1) is 0 Å². The highest BCUT2D eigenvalue weighted by Gasteiger charge is 2.28. The van der Waals surface area contributed by atoms with E-state index >= 15 is 0 Å². The summed E-state index contributed by atoms with van der Waals surface area (Å²) in [4.78, 5) is 95.5. The number of carbonyl (C=O) groups is 8. The van der Waals surface area contributed by atoms with Gasteiger partial charge in [0.25, 0.3) is 0 Å². The summed E-state index contributed by atoms with van der Waals surface area (Å²) >= 11 is 0. The fraction of sp³-hybridized carbons (Fsp3) is 0.367. The number of hydrogen-bond donors (Lipinski definition) is 4. The molecule has 23 heteroatoms. The van der Waals surface area contributed by atoms with Crippen LogP contribution in [-0.4, -0.2) is 122 Å². The van der Waals surface area contributed by atoms with Gasteiger partial charge in [-0.2, -0.15) is 4.40 Å². The van der Waals surface area contributed by atoms with E-state index in [1.54, 1.807) is 88.0 Å². The van der Waals surface area contributed by atoms with Gasteiger partial charge < -0.3 is 49.9 Å². The Hall–Kier alpha value is -12.3. The zero-order valence-electron chi connectivity index (χ0n) is 79.7. The van der Waals surface area contributed by atoms with Crippen molar-refractivity contribution in [2.45, 2.75) is 214 Å². The van der Waals surface area contributed by atoms with Crippen molar-refractivity contribution < 1.29 is 80.3 Å². The number of carboxylic acid groups (broad SMARTS) is 1. The highest BCUT2D eigenvalue weighted by Crippen LogP contribution is 2.31. The van der Waals surface area contributed by atoms with Crippen LogP contribution in [-0.2, 0) is 47.4 Å². The molecule has 10 aromatic carbocycles. The van der Waals surface area contributed by atoms with Gasteiger partial charge >= 0.3 is 5.97 Å². The van der Waals surface area contributed by atoms with Gasteiger partial charge in [0, 0.05) is 93.1 Å². The van der Waals surface area contributed by atoms with Crippen LogP contribution in [0.5, 0.6) is 34.5 Å². The van der Waals surface area contributed by atoms with Crippen LogP contribution in [0, 0.1) is 20.8 Å². The lowest BCUT2D eigenvalue weighted by molar-refractivity contribution is -0.140. The number of aliphatic carboxylic acids is 1. The molecule has 10 rings (SSSR count). The Balaban J connectivity index is 0.000000292. The first kappa shape index (κ1) is 110. The number of ketones is 5. The summed E-state index contributed by atoms with van der Waals surface area (Å²) < 4.78 is 60.8. The Bertz CT molecular complexity index is 5190. The average molecular weight is 1840 g/mol. The number of hydrogen-bond acceptors (Lipinski definition) is 17. The molecule has 0 fully saturated rings. The summed E-state index contributed by atoms with van der Waals surface area (Å²) in [5, 5.41) is 14.0. The van der Waals surface area contributed by atoms with E-state index in [1.807, 2.05) is 250 Å². The zero-order valence-corrected chi connectivity index (χ0v) is 81.4. The fourth-order valence-electron chi connectivity index (χ4n) is 12.1. The molecule has 2 amide bonds. The first-order valence-corrected chi connectivity index (χ1v) is 47.4. The molecule has 5 atom stereocenters. The van der Waals surface area contributed by atoms with Crippen molar-refractivity contribution in [3.8, 4) is 34.5 Å². The molecule has 0 radical (unpaired) electrons. The van der Waals surface area contributed by atoms with E-state index in [9.17, 15) is 46.8 Å². The molecular weight excluding hydrogens is 1700 g/mol. The average Bonchev–Trinajstić information content (AvgIpc) is 0.838. The van der Waals surface area contributed by atoms with Gasteiger partial charge in [-0.05, 0) is 220 Å². The minimum Gasteiger partial charge on any atom is -0.497 e. The van der Waals surface area contributed by atoms with Crippen molar-refractivity contribution in [3.63, 3.8) is 0 Å². The molecule has 0 heterocycles. The van der Waals surface area contributed by atoms with Crippen molar-refractivity contribution in [1.29, 1.82) is 0 Å². The molecule has 0 saturated carbocycles. The third-order valence-corrected chi connectivity index (χ3v) is 23.6. The SMILES string of the molecule is CC(=O)c1ccc(C)cc1.CCCCOc1ccc(C=NS(=O)C(C)(C)C)cc1.CCCCOc1ccc([C@@H](CC(=O)c2ccc(C)cc2)CS(=O)C(C)(C)C)cc1.CCCCOc1ccc([C@@H](CC(=O)c2ccc(C)cc2)NC(=O)CC(=O)Nc2ccc(OC)cc2)cc1.CCCCOc1ccc([C@H](N)CC(=O)c2ccccc2)cc1.COc1ccc(CC(=O)CC(=O)O)cc1. The quantitative estimate of drug-likeness (QED) is 0.0119. The van der Waals surface area contributed by atoms with Crippen LogP contribution < -0.4 is 44.8 Å². The van der Waals surface area contributed by atoms with Crippen molar-refractivity contribution in [1.82, 2.24) is 5.32 Å². The van der Waals surface area contributed by atoms with Gasteiger partial charge in [-0.25, -0.2) is 4.21 Å². The number of unbranched alkanes of at least 4 members (excludes halogenated alkanes) is 4. The number of ether oxygens (including phenoxy) is 6. The number of nitrogens with one attached hydrogen (secondary N) is 2. The monoisotopic (exact) mass is 1840 g/mol. The first-order chi connectivity index (χ1) is 63.0. The topological polar surface area (TPSA) is 309 Å². The number of aryl methyl sites for hydroxylation is 3. The second kappa shape index (κ2) is 59.9. The Morgan fingerprint density at radius 3 is 1.21 bits per heavy atom. The Morgan fingerprint density at radius 1 is 0.432 bits per heavy atom. The fourth-order valence-corrected chi connectivity index (χ4v) is 13.8. The van der Waals surface area contributed by atoms with Crippen LogP contribution >= 0.6 is 0 Å². The number of carbonyl (C=O) groups excluding carboxylic acids is 7. The van der Waals surface area contributed by atoms with Crippen molar-refractivity contribution in [2.75, 3.05) is 51.7 Å². The van der Waals surface area contributed by atoms with Gasteiger partial charge in [-0.1, -0.05) is 222 Å². The molecule has 21 nitrogen and oxygen atoms in total. The summed E-state index contributed by atoms with van der Waals surface area (Å²) in [6, 6.07) is 75.4. The lowest BCUT2D eigenvalue weighted by atomic mass is 9.93. The van der Waals surface area contributed by atoms with E-state index in [0.29, 0.717) is 65.7 Å². The number of amides is 2. The number of benzene rings is 10. The molecular formula is C109H136N4O17S2. The first-order valence-electron chi connectivity index (χ1n) is 45.0. The van der Waals surface area contributed by atoms with Gasteiger partial charge in [-0.3, -0.25) is 42.6 Å². The Kier molecular flexibility index (Phi) is 50.0. The minimum atomic E-state index is -1.21. The van der Waals surface area contributed by atoms with E-state index < -0.39 is 52.0 Å². The van der Waals surface area contributed by atoms with Gasteiger partial charge in [0.1, 0.15) is 64.1 Å². The van der Waals surface area contributed by atoms with Gasteiger partial charge in [0.2, 0.25) is 11.8 Å². The Labute approximate surface area is 787 Å². The number of rotatable bonds is 43. The molecule has 0 bridgehead atoms. The maximum Gasteiger partial charge on any atom is 0.310 e. The maximum atomic E-state index is 13.0. The molecule has 5 N–H and O–H groups in total. The van der Waals surface area contributed by atoms with E-state index in [0.717, 1.165) is 132 Å². The third kappa shape index (κ3) is 44.1. The number of anilines is 1. The summed E-state index contributed by atoms with van der Waals surface area (Å²) in [5.74, 6) is 2.89. The van der Waals surface area contributed by atoms with Crippen molar-refractivity contribution in [3.05, 3.63) is 315 Å². The Morgan fingerprint density at radius 2 is 0.811 bits per heavy atom. The van der Waals surface area contributed by atoms with Crippen LogP contribution in [0.2, 0.25) is 0 Å². The lowest BCUT2D eigenvalue weighted by Crippen LogP contribution is -2.33. The van der Waals surface area contributed by atoms with E-state index in [-0.39, 0.29) is 69.6 Å². The van der Waals surface area contributed by atoms with Crippen LogP contribution in [0.25, 0.3) is 0 Å². The number of nitrogens with zero attached hydrogens (tertiary/aromatic N) is 1. The van der Waals surface area contributed by atoms with Crippen LogP contribution in [0.1, 0.15) is 264 Å². The molecule has 132 heavy (non-hydrogen) atoms. The molecule has 0 aliphatic carbocycles. The smallest absolute Gasteiger partial charge is 0.310 e. The number of carboxylic acids is 1. The van der Waals surface area contributed by atoms with E-state index in [2.05, 4.69) is 42.7 Å². The maximum absolute atomic E-state index is 13.0. The largest absolute Gasteiger partial charge is 0.497 e. The molecule has 0 spiro atoms. The molecule has 0 aromatic heterocycles. The predicted octanol–water partition coefficient (Wildman–Crippen LogP) is 23.1. The minimum absolute atomic E-state index is 0.0605. The van der Waals surface area contributed by atoms with Gasteiger partial charge in [0.15, 0.2) is 23.1 Å². The molecule has 0 saturated heterocycles. The van der Waals surface area contributed by atoms with E-state index in [4.69, 9.17) is 39.3 Å². The van der Waals surface area contributed by atoms with Crippen LogP contribution in [0.4, 0.5) is 5.69 Å². The lowest BCUT2D eigenvalue weighted by Gasteiger charge is -2.23. The van der Waals surface area contributed by atoms with Crippen LogP contribution in [0.15, 0.2) is 253 Å². The molecule has 0 aliphatic heterocycles. The molecule has 706 valence electrons. The summed E-state index contributed by atoms with van der Waals surface area (Å²) in [7, 11) is 0.870. The predicted molar refractivity (Wildman–Crippen MR) is 533 cm³/mol. The molecule has 2 unspecified atom stereocenters. The summed E-state index contributed by atoms with van der Waals surface area (Å²) in [5.41, 5.74) is 17.3. The second-order valence-corrected chi connectivity index (χ2v) is 37.9. The van der Waals surface area contributed by atoms with Gasteiger partial charge in [0.05, 0.1) is 51.4 Å². The number of methoxy groups -OCH3 is 2. The number of Topliss-reactive ketones (excluding diaryl/α,β-unsaturated/α-hetero) is 5. The number of nitrogens with two attached hydrogens (primary N) is 1. The van der Waals surface area contributed by atoms with Crippen molar-refractivity contribution in [2.24, 2.45) is 10.1 Å². The molecule has 0 aliphatic rings. The highest BCUT2D eigenvalue weighted by atomic mass is 32.2. The normalized spacial score (nSPS) is 11.9. The zero-order chi connectivity index (χ0) is 97.0. The highest BCUT2D eigenvalue weighted by molar-refractivity contribution is 7.86. The summed E-state index contributed by atoms with van der Waals surface area (Å²) in [6.45, 7) is 30.5. The van der Waals surface area contributed by atoms with E-state index in [1.165, 1.54) is 5.56 Å². The third-order valence-electron chi connectivity index (χ3n) is 20.2.